The monoisotopic (exact) mass is 294 g/mol. The van der Waals surface area contributed by atoms with E-state index in [2.05, 4.69) is 23.2 Å². The quantitative estimate of drug-likeness (QED) is 0.774. The Morgan fingerprint density at radius 1 is 1.05 bits per heavy atom. The summed E-state index contributed by atoms with van der Waals surface area (Å²) in [6, 6.07) is 18.3. The van der Waals surface area contributed by atoms with E-state index in [-0.39, 0.29) is 6.10 Å². The van der Waals surface area contributed by atoms with E-state index in [1.54, 1.807) is 11.3 Å². The molecule has 0 radical (unpaired) electrons. The predicted octanol–water partition coefficient (Wildman–Crippen LogP) is 4.09. The van der Waals surface area contributed by atoms with Crippen LogP contribution in [0.1, 0.15) is 23.1 Å². The highest BCUT2D eigenvalue weighted by Crippen LogP contribution is 2.41. The van der Waals surface area contributed by atoms with Crippen LogP contribution in [0.5, 0.6) is 0 Å². The first-order valence-electron chi connectivity index (χ1n) is 6.87. The molecule has 0 unspecified atom stereocenters. The van der Waals surface area contributed by atoms with Crippen LogP contribution < -0.4 is 5.73 Å². The average molecular weight is 294 g/mol. The zero-order valence-electron chi connectivity index (χ0n) is 11.3. The van der Waals surface area contributed by atoms with Crippen LogP contribution in [-0.4, -0.2) is 4.98 Å². The van der Waals surface area contributed by atoms with Gasteiger partial charge in [0.05, 0.1) is 15.8 Å². The van der Waals surface area contributed by atoms with E-state index in [0.29, 0.717) is 5.88 Å². The highest BCUT2D eigenvalue weighted by atomic mass is 32.1. The Hall–Kier alpha value is -2.33. The van der Waals surface area contributed by atoms with Gasteiger partial charge in [0.15, 0.2) is 5.88 Å². The molecule has 2 heterocycles. The van der Waals surface area contributed by atoms with Crippen molar-refractivity contribution in [2.45, 2.75) is 12.5 Å². The number of ether oxygens (including phenoxy) is 1. The van der Waals surface area contributed by atoms with E-state index in [1.807, 2.05) is 36.4 Å². The molecular weight excluding hydrogens is 280 g/mol. The first-order chi connectivity index (χ1) is 10.3. The molecule has 104 valence electrons. The molecule has 0 aliphatic carbocycles. The van der Waals surface area contributed by atoms with Gasteiger partial charge in [-0.3, -0.25) is 0 Å². The lowest BCUT2D eigenvalue weighted by molar-refractivity contribution is 0.143. The number of para-hydroxylation sites is 1. The lowest BCUT2D eigenvalue weighted by Gasteiger charge is -2.10. The smallest absolute Gasteiger partial charge is 0.191 e. The molecule has 2 aromatic carbocycles. The molecule has 0 saturated heterocycles. The summed E-state index contributed by atoms with van der Waals surface area (Å²) in [6.45, 7) is 0. The molecule has 1 aliphatic heterocycles. The molecule has 1 atom stereocenters. The zero-order chi connectivity index (χ0) is 14.2. The number of rotatable bonds is 2. The molecule has 3 aromatic rings. The summed E-state index contributed by atoms with van der Waals surface area (Å²) in [5.74, 6) is 0.503. The minimum atomic E-state index is -0.00628. The molecule has 1 aliphatic rings. The van der Waals surface area contributed by atoms with Gasteiger partial charge in [0.1, 0.15) is 11.1 Å². The Balaban J connectivity index is 1.67. The SMILES string of the molecule is NC1=C(c2nc3ccccc3s2)C[C@H](c2ccccc2)O1. The molecule has 0 spiro atoms. The fraction of sp³-hybridized carbons (Fsp3) is 0.118. The van der Waals surface area contributed by atoms with Crippen LogP contribution in [0.2, 0.25) is 0 Å². The molecule has 4 rings (SSSR count). The summed E-state index contributed by atoms with van der Waals surface area (Å²) in [4.78, 5) is 4.67. The van der Waals surface area contributed by atoms with E-state index in [0.717, 1.165) is 28.1 Å². The summed E-state index contributed by atoms with van der Waals surface area (Å²) < 4.78 is 7.01. The molecule has 3 nitrogen and oxygen atoms in total. The second kappa shape index (κ2) is 4.90. The van der Waals surface area contributed by atoms with Crippen molar-refractivity contribution < 1.29 is 4.74 Å². The molecule has 0 amide bonds. The van der Waals surface area contributed by atoms with E-state index >= 15 is 0 Å². The van der Waals surface area contributed by atoms with Crippen LogP contribution in [-0.2, 0) is 4.74 Å². The summed E-state index contributed by atoms with van der Waals surface area (Å²) in [5, 5.41) is 0.965. The van der Waals surface area contributed by atoms with Crippen LogP contribution in [0.3, 0.4) is 0 Å². The van der Waals surface area contributed by atoms with E-state index in [1.165, 1.54) is 4.70 Å². The fourth-order valence-corrected chi connectivity index (χ4v) is 3.62. The molecule has 4 heteroatoms. The van der Waals surface area contributed by atoms with Crippen LogP contribution in [0.25, 0.3) is 15.8 Å². The Morgan fingerprint density at radius 2 is 1.81 bits per heavy atom. The van der Waals surface area contributed by atoms with Crippen LogP contribution in [0.4, 0.5) is 0 Å². The van der Waals surface area contributed by atoms with E-state index in [9.17, 15) is 0 Å². The summed E-state index contributed by atoms with van der Waals surface area (Å²) in [5.41, 5.74) is 9.27. The van der Waals surface area contributed by atoms with Gasteiger partial charge in [0.25, 0.3) is 0 Å². The fourth-order valence-electron chi connectivity index (χ4n) is 2.60. The largest absolute Gasteiger partial charge is 0.471 e. The van der Waals surface area contributed by atoms with Gasteiger partial charge in [0.2, 0.25) is 0 Å². The normalized spacial score (nSPS) is 18.2. The lowest BCUT2D eigenvalue weighted by Crippen LogP contribution is -2.01. The molecule has 0 saturated carbocycles. The number of nitrogens with two attached hydrogens (primary N) is 1. The van der Waals surface area contributed by atoms with Crippen molar-refractivity contribution in [3.63, 3.8) is 0 Å². The van der Waals surface area contributed by atoms with Gasteiger partial charge >= 0.3 is 0 Å². The van der Waals surface area contributed by atoms with Crippen LogP contribution in [0.15, 0.2) is 60.5 Å². The first kappa shape index (κ1) is 12.4. The van der Waals surface area contributed by atoms with Gasteiger partial charge in [-0.25, -0.2) is 4.98 Å². The predicted molar refractivity (Wildman–Crippen MR) is 85.6 cm³/mol. The standard InChI is InChI=1S/C17H14N2OS/c18-16-12(10-14(20-16)11-6-2-1-3-7-11)17-19-13-8-4-5-9-15(13)21-17/h1-9,14H,10,18H2/t14-/m1/s1. The van der Waals surface area contributed by atoms with Gasteiger partial charge in [-0.2, -0.15) is 0 Å². The number of thiazole rings is 1. The maximum absolute atomic E-state index is 6.08. The molecular formula is C17H14N2OS. The van der Waals surface area contributed by atoms with Crippen molar-refractivity contribution in [3.05, 3.63) is 71.1 Å². The Labute approximate surface area is 126 Å². The second-order valence-electron chi connectivity index (χ2n) is 5.05. The summed E-state index contributed by atoms with van der Waals surface area (Å²) >= 11 is 1.67. The number of benzene rings is 2. The van der Waals surface area contributed by atoms with Gasteiger partial charge in [0, 0.05) is 6.42 Å². The highest BCUT2D eigenvalue weighted by molar-refractivity contribution is 7.19. The maximum atomic E-state index is 6.08. The van der Waals surface area contributed by atoms with Gasteiger partial charge in [-0.05, 0) is 17.7 Å². The lowest BCUT2D eigenvalue weighted by atomic mass is 10.0. The minimum absolute atomic E-state index is 0.00628. The number of hydrogen-bond acceptors (Lipinski definition) is 4. The van der Waals surface area contributed by atoms with Crippen molar-refractivity contribution >= 4 is 27.1 Å². The molecule has 0 bridgehead atoms. The Bertz CT molecular complexity index is 790. The van der Waals surface area contributed by atoms with Crippen molar-refractivity contribution in [2.75, 3.05) is 0 Å². The van der Waals surface area contributed by atoms with E-state index in [4.69, 9.17) is 10.5 Å². The second-order valence-corrected chi connectivity index (χ2v) is 6.08. The third-order valence-electron chi connectivity index (χ3n) is 3.68. The number of aromatic nitrogens is 1. The Morgan fingerprint density at radius 3 is 2.62 bits per heavy atom. The first-order valence-corrected chi connectivity index (χ1v) is 7.69. The maximum Gasteiger partial charge on any atom is 0.191 e. The van der Waals surface area contributed by atoms with Crippen molar-refractivity contribution in [1.82, 2.24) is 4.98 Å². The number of nitrogens with zero attached hydrogens (tertiary/aromatic N) is 1. The molecule has 0 fully saturated rings. The van der Waals surface area contributed by atoms with Crippen molar-refractivity contribution in [2.24, 2.45) is 5.73 Å². The molecule has 1 aromatic heterocycles. The molecule has 21 heavy (non-hydrogen) atoms. The van der Waals surface area contributed by atoms with Crippen LogP contribution in [0, 0.1) is 0 Å². The van der Waals surface area contributed by atoms with Crippen LogP contribution >= 0.6 is 11.3 Å². The third-order valence-corrected chi connectivity index (χ3v) is 4.78. The minimum Gasteiger partial charge on any atom is -0.471 e. The molecule has 2 N–H and O–H groups in total. The average Bonchev–Trinajstić information content (AvgIpc) is 3.11. The number of hydrogen-bond donors (Lipinski definition) is 1. The summed E-state index contributed by atoms with van der Waals surface area (Å²) in [6.07, 6.45) is 0.767. The topological polar surface area (TPSA) is 48.1 Å². The van der Waals surface area contributed by atoms with Crippen molar-refractivity contribution in [1.29, 1.82) is 0 Å². The van der Waals surface area contributed by atoms with Crippen molar-refractivity contribution in [3.8, 4) is 0 Å². The zero-order valence-corrected chi connectivity index (χ0v) is 12.1. The number of fused-ring (bicyclic) bond motifs is 1. The summed E-state index contributed by atoms with van der Waals surface area (Å²) in [7, 11) is 0. The van der Waals surface area contributed by atoms with Gasteiger partial charge < -0.3 is 10.5 Å². The highest BCUT2D eigenvalue weighted by Gasteiger charge is 2.28. The van der Waals surface area contributed by atoms with Gasteiger partial charge in [-0.1, -0.05) is 42.5 Å². The third kappa shape index (κ3) is 2.17. The Kier molecular flexibility index (Phi) is 2.89. The van der Waals surface area contributed by atoms with Gasteiger partial charge in [-0.15, -0.1) is 11.3 Å². The van der Waals surface area contributed by atoms with E-state index < -0.39 is 0 Å².